The maximum atomic E-state index is 13.0. The number of anilines is 1. The molecule has 0 unspecified atom stereocenters. The largest absolute Gasteiger partial charge is 0.379 e. The Kier molecular flexibility index (Phi) is 6.36. The highest BCUT2D eigenvalue weighted by molar-refractivity contribution is 7.87. The number of nitro benzene ring substituents is 1. The first-order valence-electron chi connectivity index (χ1n) is 10.3. The number of rotatable bonds is 6. The lowest BCUT2D eigenvalue weighted by molar-refractivity contribution is -0.384. The number of carbonyl (C=O) groups is 3. The van der Waals surface area contributed by atoms with Gasteiger partial charge in [0.05, 0.1) is 10.6 Å². The topological polar surface area (TPSA) is 153 Å². The first-order valence-corrected chi connectivity index (χ1v) is 11.7. The second kappa shape index (κ2) is 9.43. The van der Waals surface area contributed by atoms with Crippen molar-refractivity contribution in [3.05, 3.63) is 99.6 Å². The highest BCUT2D eigenvalue weighted by Crippen LogP contribution is 2.26. The summed E-state index contributed by atoms with van der Waals surface area (Å²) in [5, 5.41) is 13.1. The molecule has 4 amide bonds. The number of nitro groups is 1. The van der Waals surface area contributed by atoms with Gasteiger partial charge in [0.25, 0.3) is 17.5 Å². The van der Waals surface area contributed by atoms with Crippen molar-refractivity contribution >= 4 is 45.4 Å². The molecule has 182 valence electrons. The van der Waals surface area contributed by atoms with E-state index in [1.807, 2.05) is 12.2 Å². The fraction of sp³-hybridized carbons (Fsp3) is 0.0417. The van der Waals surface area contributed by atoms with E-state index in [9.17, 15) is 32.9 Å². The SMILES string of the molecule is Cc1ccc(S(=O)(=O)Oc2ccc(/C=C3\C(=O)NC(=O)N(c4cccc([N+](=O)[O-])c4)C3=O)cc2)cc1. The van der Waals surface area contributed by atoms with Gasteiger partial charge in [0.15, 0.2) is 0 Å². The number of nitrogens with one attached hydrogen (secondary N) is 1. The number of urea groups is 1. The third-order valence-corrected chi connectivity index (χ3v) is 6.37. The van der Waals surface area contributed by atoms with Gasteiger partial charge in [-0.05, 0) is 48.9 Å². The second-order valence-electron chi connectivity index (χ2n) is 7.65. The molecule has 3 aromatic carbocycles. The normalized spacial score (nSPS) is 15.1. The van der Waals surface area contributed by atoms with E-state index in [0.29, 0.717) is 10.5 Å². The van der Waals surface area contributed by atoms with Crippen LogP contribution in [0.1, 0.15) is 11.1 Å². The van der Waals surface area contributed by atoms with Gasteiger partial charge in [-0.15, -0.1) is 0 Å². The molecule has 1 fully saturated rings. The molecule has 0 saturated carbocycles. The minimum atomic E-state index is -4.07. The number of hydrogen-bond donors (Lipinski definition) is 1. The van der Waals surface area contributed by atoms with E-state index in [1.165, 1.54) is 60.7 Å². The van der Waals surface area contributed by atoms with Crippen LogP contribution in [-0.2, 0) is 19.7 Å². The summed E-state index contributed by atoms with van der Waals surface area (Å²) in [5.74, 6) is -1.92. The zero-order valence-electron chi connectivity index (χ0n) is 18.6. The molecule has 1 heterocycles. The maximum absolute atomic E-state index is 13.0. The molecule has 0 aliphatic carbocycles. The van der Waals surface area contributed by atoms with Crippen LogP contribution in [0.3, 0.4) is 0 Å². The van der Waals surface area contributed by atoms with E-state index in [1.54, 1.807) is 12.1 Å². The number of barbiturate groups is 1. The monoisotopic (exact) mass is 507 g/mol. The van der Waals surface area contributed by atoms with Crippen molar-refractivity contribution in [2.75, 3.05) is 4.90 Å². The van der Waals surface area contributed by atoms with Gasteiger partial charge in [0.2, 0.25) is 0 Å². The first kappa shape index (κ1) is 24.3. The Hall–Kier alpha value is -4.84. The van der Waals surface area contributed by atoms with Gasteiger partial charge >= 0.3 is 16.1 Å². The average Bonchev–Trinajstić information content (AvgIpc) is 2.83. The van der Waals surface area contributed by atoms with Gasteiger partial charge in [0, 0.05) is 12.1 Å². The lowest BCUT2D eigenvalue weighted by atomic mass is 10.1. The molecule has 11 nitrogen and oxygen atoms in total. The summed E-state index contributed by atoms with van der Waals surface area (Å²) in [6.07, 6.45) is 1.20. The van der Waals surface area contributed by atoms with Crippen LogP contribution in [0.2, 0.25) is 0 Å². The lowest BCUT2D eigenvalue weighted by Gasteiger charge is -2.26. The summed E-state index contributed by atoms with van der Waals surface area (Å²) in [5.41, 5.74) is 0.393. The van der Waals surface area contributed by atoms with Gasteiger partial charge in [-0.3, -0.25) is 25.0 Å². The highest BCUT2D eigenvalue weighted by Gasteiger charge is 2.37. The van der Waals surface area contributed by atoms with E-state index in [2.05, 4.69) is 0 Å². The summed E-state index contributed by atoms with van der Waals surface area (Å²) in [6, 6.07) is 15.4. The fourth-order valence-electron chi connectivity index (χ4n) is 3.30. The van der Waals surface area contributed by atoms with Crippen molar-refractivity contribution < 1.29 is 31.9 Å². The molecule has 1 saturated heterocycles. The Labute approximate surface area is 204 Å². The molecule has 1 aliphatic rings. The summed E-state index contributed by atoms with van der Waals surface area (Å²) >= 11 is 0. The number of non-ortho nitro benzene ring substituents is 1. The Morgan fingerprint density at radius 3 is 2.28 bits per heavy atom. The predicted molar refractivity (Wildman–Crippen MR) is 128 cm³/mol. The highest BCUT2D eigenvalue weighted by atomic mass is 32.2. The lowest BCUT2D eigenvalue weighted by Crippen LogP contribution is -2.54. The number of nitrogens with zero attached hydrogens (tertiary/aromatic N) is 2. The van der Waals surface area contributed by atoms with E-state index in [-0.39, 0.29) is 22.0 Å². The van der Waals surface area contributed by atoms with Crippen molar-refractivity contribution in [1.29, 1.82) is 0 Å². The predicted octanol–water partition coefficient (Wildman–Crippen LogP) is 3.34. The molecule has 0 bridgehead atoms. The standard InChI is InChI=1S/C24H17N3O8S/c1-15-5-11-20(12-6-15)36(33,34)35-19-9-7-16(8-10-19)13-21-22(28)25-24(30)26(23(21)29)17-3-2-4-18(14-17)27(31)32/h2-14H,1H3,(H,25,28,30)/b21-13+. The van der Waals surface area contributed by atoms with Crippen molar-refractivity contribution in [3.63, 3.8) is 0 Å². The van der Waals surface area contributed by atoms with Crippen molar-refractivity contribution in [3.8, 4) is 5.75 Å². The molecule has 1 aliphatic heterocycles. The van der Waals surface area contributed by atoms with E-state index in [0.717, 1.165) is 11.6 Å². The summed E-state index contributed by atoms with van der Waals surface area (Å²) in [7, 11) is -4.07. The summed E-state index contributed by atoms with van der Waals surface area (Å²) in [4.78, 5) is 48.6. The molecule has 4 rings (SSSR count). The fourth-order valence-corrected chi connectivity index (χ4v) is 4.23. The Balaban J connectivity index is 1.58. The minimum Gasteiger partial charge on any atom is -0.379 e. The first-order chi connectivity index (χ1) is 17.0. The smallest absolute Gasteiger partial charge is 0.339 e. The summed E-state index contributed by atoms with van der Waals surface area (Å²) < 4.78 is 30.0. The Bertz CT molecular complexity index is 1530. The maximum Gasteiger partial charge on any atom is 0.339 e. The molecule has 0 atom stereocenters. The summed E-state index contributed by atoms with van der Waals surface area (Å²) in [6.45, 7) is 1.82. The van der Waals surface area contributed by atoms with Crippen molar-refractivity contribution in [2.24, 2.45) is 0 Å². The molecule has 1 N–H and O–H groups in total. The number of aryl methyl sites for hydroxylation is 1. The third kappa shape index (κ3) is 4.98. The van der Waals surface area contributed by atoms with Crippen LogP contribution >= 0.6 is 0 Å². The zero-order valence-corrected chi connectivity index (χ0v) is 19.4. The van der Waals surface area contributed by atoms with E-state index >= 15 is 0 Å². The molecular weight excluding hydrogens is 490 g/mol. The molecule has 0 aromatic heterocycles. The van der Waals surface area contributed by atoms with Crippen LogP contribution in [0.5, 0.6) is 5.75 Å². The van der Waals surface area contributed by atoms with Gasteiger partial charge in [-0.2, -0.15) is 8.42 Å². The number of amides is 4. The second-order valence-corrected chi connectivity index (χ2v) is 9.20. The van der Waals surface area contributed by atoms with Crippen LogP contribution in [0.15, 0.2) is 83.3 Å². The van der Waals surface area contributed by atoms with E-state index in [4.69, 9.17) is 4.18 Å². The third-order valence-electron chi connectivity index (χ3n) is 5.11. The van der Waals surface area contributed by atoms with Gasteiger partial charge in [-0.1, -0.05) is 35.9 Å². The Morgan fingerprint density at radius 2 is 1.64 bits per heavy atom. The van der Waals surface area contributed by atoms with Gasteiger partial charge in [0.1, 0.15) is 16.2 Å². The van der Waals surface area contributed by atoms with Crippen LogP contribution in [0.4, 0.5) is 16.2 Å². The van der Waals surface area contributed by atoms with Crippen molar-refractivity contribution in [1.82, 2.24) is 5.32 Å². The van der Waals surface area contributed by atoms with Crippen LogP contribution in [0, 0.1) is 17.0 Å². The molecular formula is C24H17N3O8S. The van der Waals surface area contributed by atoms with Crippen LogP contribution < -0.4 is 14.4 Å². The number of carbonyl (C=O) groups excluding carboxylic acids is 3. The van der Waals surface area contributed by atoms with E-state index < -0.39 is 38.5 Å². The number of imide groups is 2. The molecule has 3 aromatic rings. The Morgan fingerprint density at radius 1 is 0.972 bits per heavy atom. The quantitative estimate of drug-likeness (QED) is 0.175. The molecule has 0 radical (unpaired) electrons. The number of hydrogen-bond acceptors (Lipinski definition) is 8. The van der Waals surface area contributed by atoms with Crippen LogP contribution in [0.25, 0.3) is 6.08 Å². The van der Waals surface area contributed by atoms with Crippen LogP contribution in [-0.4, -0.2) is 31.2 Å². The average molecular weight is 507 g/mol. The molecule has 36 heavy (non-hydrogen) atoms. The molecule has 0 spiro atoms. The minimum absolute atomic E-state index is 0.00514. The number of benzene rings is 3. The van der Waals surface area contributed by atoms with Gasteiger partial charge < -0.3 is 4.18 Å². The zero-order chi connectivity index (χ0) is 26.0. The van der Waals surface area contributed by atoms with Gasteiger partial charge in [-0.25, -0.2) is 9.69 Å². The van der Waals surface area contributed by atoms with Crippen molar-refractivity contribution in [2.45, 2.75) is 11.8 Å². The molecule has 12 heteroatoms.